The van der Waals surface area contributed by atoms with Crippen LogP contribution in [0.5, 0.6) is 0 Å². The van der Waals surface area contributed by atoms with Crippen molar-refractivity contribution < 1.29 is 4.79 Å². The second-order valence-corrected chi connectivity index (χ2v) is 10.1. The van der Waals surface area contributed by atoms with Gasteiger partial charge >= 0.3 is 0 Å². The molecule has 0 N–H and O–H groups in total. The Bertz CT molecular complexity index is 939. The first kappa shape index (κ1) is 22.4. The van der Waals surface area contributed by atoms with Gasteiger partial charge in [0, 0.05) is 11.1 Å². The summed E-state index contributed by atoms with van der Waals surface area (Å²) in [6.45, 7) is 6.63. The van der Waals surface area contributed by atoms with Gasteiger partial charge in [-0.1, -0.05) is 79.3 Å². The van der Waals surface area contributed by atoms with Gasteiger partial charge in [0.05, 0.1) is 20.1 Å². The summed E-state index contributed by atoms with van der Waals surface area (Å²) in [5, 5.41) is 1.94. The molecule has 1 aliphatic rings. The van der Waals surface area contributed by atoms with Crippen LogP contribution in [0.1, 0.15) is 44.7 Å². The zero-order chi connectivity index (χ0) is 21.3. The summed E-state index contributed by atoms with van der Waals surface area (Å²) in [7, 11) is 0. The molecule has 2 aromatic rings. The van der Waals surface area contributed by atoms with Gasteiger partial charge in [-0.2, -0.15) is 0 Å². The van der Waals surface area contributed by atoms with Crippen LogP contribution in [0, 0.1) is 11.3 Å². The maximum Gasteiger partial charge on any atom is 0.185 e. The Morgan fingerprint density at radius 3 is 1.52 bits per heavy atom. The summed E-state index contributed by atoms with van der Waals surface area (Å²) >= 11 is 24.4. The van der Waals surface area contributed by atoms with Gasteiger partial charge in [0.1, 0.15) is 0 Å². The number of hydrogen-bond acceptors (Lipinski definition) is 1. The number of carbonyl (C=O) groups is 1. The first-order valence-electron chi connectivity index (χ1n) is 9.40. The van der Waals surface area contributed by atoms with E-state index >= 15 is 0 Å². The normalized spacial score (nSPS) is 20.5. The van der Waals surface area contributed by atoms with Crippen LogP contribution in [-0.2, 0) is 4.79 Å². The third-order valence-corrected chi connectivity index (χ3v) is 6.79. The summed E-state index contributed by atoms with van der Waals surface area (Å²) < 4.78 is 0. The number of halogens is 4. The van der Waals surface area contributed by atoms with E-state index in [1.807, 2.05) is 24.3 Å². The number of hydrogen-bond donors (Lipinski definition) is 0. The van der Waals surface area contributed by atoms with E-state index < -0.39 is 0 Å². The van der Waals surface area contributed by atoms with E-state index in [-0.39, 0.29) is 11.2 Å². The molecule has 0 amide bonds. The van der Waals surface area contributed by atoms with Gasteiger partial charge in [0.25, 0.3) is 0 Å². The highest BCUT2D eigenvalue weighted by atomic mass is 35.5. The number of Topliss-reactive ketones (excluding diaryl/α,β-unsaturated/α-hetero) is 1. The summed E-state index contributed by atoms with van der Waals surface area (Å²) in [5.74, 6) is 0.394. The van der Waals surface area contributed by atoms with E-state index in [0.29, 0.717) is 26.0 Å². The lowest BCUT2D eigenvalue weighted by atomic mass is 9.68. The van der Waals surface area contributed by atoms with E-state index in [1.165, 1.54) is 0 Å². The monoisotopic (exact) mass is 466 g/mol. The highest BCUT2D eigenvalue weighted by molar-refractivity contribution is 6.42. The Balaban J connectivity index is 2.03. The topological polar surface area (TPSA) is 17.1 Å². The largest absolute Gasteiger partial charge is 0.289 e. The van der Waals surface area contributed by atoms with Gasteiger partial charge in [0.2, 0.25) is 0 Å². The van der Waals surface area contributed by atoms with Gasteiger partial charge in [-0.3, -0.25) is 4.79 Å². The van der Waals surface area contributed by atoms with Crippen molar-refractivity contribution in [1.29, 1.82) is 0 Å². The lowest BCUT2D eigenvalue weighted by Crippen LogP contribution is -2.29. The molecule has 0 heterocycles. The van der Waals surface area contributed by atoms with Crippen molar-refractivity contribution in [2.45, 2.75) is 33.6 Å². The van der Waals surface area contributed by atoms with Crippen LogP contribution >= 0.6 is 46.4 Å². The SMILES string of the molecule is CC(C)(C)C1C/C(=C/c2ccc(Cl)c(Cl)c2)C(=O)/C(=C/c2ccc(Cl)c(Cl)c2)C1. The van der Waals surface area contributed by atoms with Gasteiger partial charge in [-0.15, -0.1) is 0 Å². The summed E-state index contributed by atoms with van der Waals surface area (Å²) in [4.78, 5) is 13.3. The fraction of sp³-hybridized carbons (Fsp3) is 0.292. The molecular formula is C24H22Cl4O. The molecule has 1 fully saturated rings. The fourth-order valence-electron chi connectivity index (χ4n) is 3.46. The number of carbonyl (C=O) groups excluding carboxylic acids is 1. The van der Waals surface area contributed by atoms with E-state index in [2.05, 4.69) is 20.8 Å². The van der Waals surface area contributed by atoms with Crippen LogP contribution in [-0.4, -0.2) is 5.78 Å². The maximum atomic E-state index is 13.3. The molecule has 1 atom stereocenters. The van der Waals surface area contributed by atoms with Crippen molar-refractivity contribution >= 4 is 64.3 Å². The zero-order valence-corrected chi connectivity index (χ0v) is 19.6. The molecule has 1 saturated carbocycles. The van der Waals surface area contributed by atoms with E-state index in [1.54, 1.807) is 24.3 Å². The Hall–Kier alpha value is -1.25. The summed E-state index contributed by atoms with van der Waals surface area (Å²) in [6, 6.07) is 10.8. The number of allylic oxidation sites excluding steroid dienone is 2. The first-order valence-corrected chi connectivity index (χ1v) is 10.9. The van der Waals surface area contributed by atoms with Crippen LogP contribution in [0.25, 0.3) is 12.2 Å². The van der Waals surface area contributed by atoms with Crippen LogP contribution in [0.4, 0.5) is 0 Å². The highest BCUT2D eigenvalue weighted by Crippen LogP contribution is 2.42. The molecule has 3 rings (SSSR count). The highest BCUT2D eigenvalue weighted by Gasteiger charge is 2.34. The first-order chi connectivity index (χ1) is 13.5. The van der Waals surface area contributed by atoms with Crippen LogP contribution in [0.2, 0.25) is 20.1 Å². The smallest absolute Gasteiger partial charge is 0.185 e. The average Bonchev–Trinajstić information content (AvgIpc) is 2.63. The number of ketones is 1. The molecule has 0 saturated heterocycles. The Morgan fingerprint density at radius 1 is 0.759 bits per heavy atom. The summed E-state index contributed by atoms with van der Waals surface area (Å²) in [5.41, 5.74) is 3.35. The molecule has 1 unspecified atom stereocenters. The van der Waals surface area contributed by atoms with E-state index in [0.717, 1.165) is 35.1 Å². The standard InChI is InChI=1S/C24H22Cl4O/c1-24(2,3)18-12-16(8-14-4-6-19(25)21(27)10-14)23(29)17(13-18)9-15-5-7-20(26)22(28)11-15/h4-11,18H,12-13H2,1-3H3/b16-8-,17-9+. The molecule has 1 nitrogen and oxygen atoms in total. The van der Waals surface area contributed by atoms with Gasteiger partial charge in [-0.05, 0) is 71.7 Å². The van der Waals surface area contributed by atoms with Crippen LogP contribution < -0.4 is 0 Å². The third kappa shape index (κ3) is 5.47. The lowest BCUT2D eigenvalue weighted by Gasteiger charge is -2.35. The van der Waals surface area contributed by atoms with Gasteiger partial charge in [0.15, 0.2) is 5.78 Å². The van der Waals surface area contributed by atoms with Gasteiger partial charge in [-0.25, -0.2) is 0 Å². The third-order valence-electron chi connectivity index (χ3n) is 5.31. The molecule has 0 spiro atoms. The van der Waals surface area contributed by atoms with Crippen molar-refractivity contribution in [3.05, 3.63) is 78.8 Å². The quantitative estimate of drug-likeness (QED) is 0.403. The minimum absolute atomic E-state index is 0.0580. The number of rotatable bonds is 2. The molecule has 29 heavy (non-hydrogen) atoms. The molecule has 1 aliphatic carbocycles. The summed E-state index contributed by atoms with van der Waals surface area (Å²) in [6.07, 6.45) is 5.29. The van der Waals surface area contributed by atoms with Crippen molar-refractivity contribution in [2.24, 2.45) is 11.3 Å². The van der Waals surface area contributed by atoms with E-state index in [4.69, 9.17) is 46.4 Å². The fourth-order valence-corrected chi connectivity index (χ4v) is 4.08. The van der Waals surface area contributed by atoms with Crippen molar-refractivity contribution in [3.63, 3.8) is 0 Å². The molecule has 0 radical (unpaired) electrons. The predicted octanol–water partition coefficient (Wildman–Crippen LogP) is 8.79. The molecule has 0 aromatic heterocycles. The molecular weight excluding hydrogens is 446 g/mol. The second-order valence-electron chi connectivity index (χ2n) is 8.49. The molecule has 0 bridgehead atoms. The average molecular weight is 468 g/mol. The number of benzene rings is 2. The van der Waals surface area contributed by atoms with Crippen molar-refractivity contribution in [2.75, 3.05) is 0 Å². The van der Waals surface area contributed by atoms with E-state index in [9.17, 15) is 4.79 Å². The van der Waals surface area contributed by atoms with Crippen molar-refractivity contribution in [3.8, 4) is 0 Å². The zero-order valence-electron chi connectivity index (χ0n) is 16.5. The molecule has 2 aromatic carbocycles. The Labute approximate surface area is 192 Å². The van der Waals surface area contributed by atoms with Crippen LogP contribution in [0.3, 0.4) is 0 Å². The Morgan fingerprint density at radius 2 is 1.17 bits per heavy atom. The molecule has 0 aliphatic heterocycles. The molecule has 152 valence electrons. The minimum atomic E-state index is 0.0580. The molecule has 5 heteroatoms. The van der Waals surface area contributed by atoms with Gasteiger partial charge < -0.3 is 0 Å². The predicted molar refractivity (Wildman–Crippen MR) is 126 cm³/mol. The lowest BCUT2D eigenvalue weighted by molar-refractivity contribution is -0.113. The van der Waals surface area contributed by atoms with Crippen LogP contribution in [0.15, 0.2) is 47.5 Å². The minimum Gasteiger partial charge on any atom is -0.289 e. The Kier molecular flexibility index (Phi) is 6.85. The second kappa shape index (κ2) is 8.86. The van der Waals surface area contributed by atoms with Crippen molar-refractivity contribution in [1.82, 2.24) is 0 Å². The maximum absolute atomic E-state index is 13.3.